The van der Waals surface area contributed by atoms with Crippen LogP contribution in [0.4, 0.5) is 0 Å². The van der Waals surface area contributed by atoms with Crippen molar-refractivity contribution in [1.82, 2.24) is 14.4 Å². The molecule has 0 amide bonds. The predicted octanol–water partition coefficient (Wildman–Crippen LogP) is 2.32. The predicted molar refractivity (Wildman–Crippen MR) is 90.7 cm³/mol. The zero-order valence-corrected chi connectivity index (χ0v) is 13.8. The second-order valence-electron chi connectivity index (χ2n) is 6.40. The second kappa shape index (κ2) is 6.23. The van der Waals surface area contributed by atoms with Gasteiger partial charge in [0, 0.05) is 61.4 Å². The molecule has 1 aromatic heterocycles. The number of piperazine rings is 1. The first-order chi connectivity index (χ1) is 10.6. The van der Waals surface area contributed by atoms with Crippen LogP contribution in [0.25, 0.3) is 10.9 Å². The maximum atomic E-state index is 11.0. The van der Waals surface area contributed by atoms with E-state index in [0.29, 0.717) is 0 Å². The van der Waals surface area contributed by atoms with Crippen LogP contribution < -0.4 is 0 Å². The molecule has 118 valence electrons. The topological polar surface area (TPSA) is 28.5 Å². The normalized spacial score (nSPS) is 17.2. The highest BCUT2D eigenvalue weighted by Gasteiger charge is 2.15. The van der Waals surface area contributed by atoms with E-state index in [2.05, 4.69) is 41.3 Å². The van der Waals surface area contributed by atoms with Gasteiger partial charge < -0.3 is 9.47 Å². The quantitative estimate of drug-likeness (QED) is 0.811. The van der Waals surface area contributed by atoms with E-state index in [1.54, 1.807) is 0 Å². The molecule has 0 radical (unpaired) electrons. The number of hydrogen-bond donors (Lipinski definition) is 0. The molecular formula is C18H25N3O. The summed E-state index contributed by atoms with van der Waals surface area (Å²) in [4.78, 5) is 15.9. The standard InChI is InChI=1S/C18H25N3O/c1-14-15(2)21(11-10-20-8-6-19(3)7-9-20)18-5-4-16(13-22)12-17(14)18/h4-5,12-13H,6-11H2,1-3H3. The Morgan fingerprint density at radius 1 is 1.09 bits per heavy atom. The monoisotopic (exact) mass is 299 g/mol. The number of likely N-dealkylation sites (N-methyl/N-ethyl adjacent to an activating group) is 1. The lowest BCUT2D eigenvalue weighted by Crippen LogP contribution is -2.45. The van der Waals surface area contributed by atoms with Crippen LogP contribution in [0.2, 0.25) is 0 Å². The summed E-state index contributed by atoms with van der Waals surface area (Å²) in [6.45, 7) is 11.1. The van der Waals surface area contributed by atoms with Gasteiger partial charge in [-0.25, -0.2) is 0 Å². The average molecular weight is 299 g/mol. The van der Waals surface area contributed by atoms with Crippen molar-refractivity contribution in [2.24, 2.45) is 0 Å². The Kier molecular flexibility index (Phi) is 4.32. The number of carbonyl (C=O) groups is 1. The highest BCUT2D eigenvalue weighted by molar-refractivity contribution is 5.90. The Balaban J connectivity index is 1.81. The van der Waals surface area contributed by atoms with E-state index in [1.165, 1.54) is 22.2 Å². The summed E-state index contributed by atoms with van der Waals surface area (Å²) in [6, 6.07) is 6.01. The van der Waals surface area contributed by atoms with Crippen molar-refractivity contribution in [1.29, 1.82) is 0 Å². The molecular weight excluding hydrogens is 274 g/mol. The van der Waals surface area contributed by atoms with Crippen molar-refractivity contribution < 1.29 is 4.79 Å². The molecule has 1 aliphatic heterocycles. The number of fused-ring (bicyclic) bond motifs is 1. The molecule has 0 spiro atoms. The molecule has 4 nitrogen and oxygen atoms in total. The van der Waals surface area contributed by atoms with Gasteiger partial charge in [-0.1, -0.05) is 0 Å². The second-order valence-corrected chi connectivity index (χ2v) is 6.40. The van der Waals surface area contributed by atoms with Gasteiger partial charge in [0.15, 0.2) is 0 Å². The van der Waals surface area contributed by atoms with Crippen molar-refractivity contribution >= 4 is 17.2 Å². The molecule has 0 unspecified atom stereocenters. The van der Waals surface area contributed by atoms with E-state index >= 15 is 0 Å². The fraction of sp³-hybridized carbons (Fsp3) is 0.500. The lowest BCUT2D eigenvalue weighted by Gasteiger charge is -2.32. The van der Waals surface area contributed by atoms with Crippen molar-refractivity contribution in [2.75, 3.05) is 39.8 Å². The van der Waals surface area contributed by atoms with Gasteiger partial charge >= 0.3 is 0 Å². The zero-order chi connectivity index (χ0) is 15.7. The van der Waals surface area contributed by atoms with Crippen LogP contribution in [0.5, 0.6) is 0 Å². The summed E-state index contributed by atoms with van der Waals surface area (Å²) in [7, 11) is 2.19. The minimum Gasteiger partial charge on any atom is -0.343 e. The number of nitrogens with zero attached hydrogens (tertiary/aromatic N) is 3. The van der Waals surface area contributed by atoms with Crippen LogP contribution in [0, 0.1) is 13.8 Å². The molecule has 1 fully saturated rings. The molecule has 1 aliphatic rings. The van der Waals surface area contributed by atoms with Crippen LogP contribution in [-0.4, -0.2) is 60.4 Å². The summed E-state index contributed by atoms with van der Waals surface area (Å²) < 4.78 is 2.40. The first-order valence-corrected chi connectivity index (χ1v) is 8.05. The molecule has 0 aliphatic carbocycles. The van der Waals surface area contributed by atoms with Crippen LogP contribution in [-0.2, 0) is 6.54 Å². The minimum atomic E-state index is 0.756. The SMILES string of the molecule is Cc1c(C)n(CCN2CCN(C)CC2)c2ccc(C=O)cc12. The summed E-state index contributed by atoms with van der Waals surface area (Å²) in [5.74, 6) is 0. The zero-order valence-electron chi connectivity index (χ0n) is 13.8. The van der Waals surface area contributed by atoms with E-state index in [9.17, 15) is 4.79 Å². The minimum absolute atomic E-state index is 0.756. The largest absolute Gasteiger partial charge is 0.343 e. The van der Waals surface area contributed by atoms with Gasteiger partial charge in [-0.15, -0.1) is 0 Å². The number of benzene rings is 1. The van der Waals surface area contributed by atoms with Crippen molar-refractivity contribution in [2.45, 2.75) is 20.4 Å². The third-order valence-electron chi connectivity index (χ3n) is 5.03. The molecule has 0 atom stereocenters. The lowest BCUT2D eigenvalue weighted by atomic mass is 10.1. The van der Waals surface area contributed by atoms with Gasteiger partial charge in [0.1, 0.15) is 6.29 Å². The Morgan fingerprint density at radius 2 is 1.82 bits per heavy atom. The van der Waals surface area contributed by atoms with E-state index < -0.39 is 0 Å². The van der Waals surface area contributed by atoms with E-state index in [0.717, 1.165) is 51.1 Å². The number of aryl methyl sites for hydroxylation is 1. The number of hydrogen-bond acceptors (Lipinski definition) is 3. The van der Waals surface area contributed by atoms with Crippen LogP contribution in [0.15, 0.2) is 18.2 Å². The Hall–Kier alpha value is -1.65. The Bertz CT molecular complexity index is 681. The van der Waals surface area contributed by atoms with Gasteiger partial charge in [-0.05, 0) is 44.7 Å². The fourth-order valence-electron chi connectivity index (χ4n) is 3.34. The number of carbonyl (C=O) groups excluding carboxylic acids is 1. The van der Waals surface area contributed by atoms with Gasteiger partial charge in [-0.2, -0.15) is 0 Å². The third kappa shape index (κ3) is 2.81. The molecule has 4 heteroatoms. The number of aldehydes is 1. The van der Waals surface area contributed by atoms with Crippen LogP contribution >= 0.6 is 0 Å². The van der Waals surface area contributed by atoms with E-state index in [1.807, 2.05) is 12.1 Å². The molecule has 0 bridgehead atoms. The summed E-state index contributed by atoms with van der Waals surface area (Å²) >= 11 is 0. The highest BCUT2D eigenvalue weighted by atomic mass is 16.1. The van der Waals surface area contributed by atoms with Crippen molar-refractivity contribution in [3.05, 3.63) is 35.0 Å². The maximum Gasteiger partial charge on any atom is 0.150 e. The van der Waals surface area contributed by atoms with E-state index in [4.69, 9.17) is 0 Å². The third-order valence-corrected chi connectivity index (χ3v) is 5.03. The number of rotatable bonds is 4. The molecule has 2 aromatic rings. The van der Waals surface area contributed by atoms with Gasteiger partial charge in [0.2, 0.25) is 0 Å². The van der Waals surface area contributed by atoms with Crippen LogP contribution in [0.1, 0.15) is 21.6 Å². The van der Waals surface area contributed by atoms with Crippen molar-refractivity contribution in [3.8, 4) is 0 Å². The summed E-state index contributed by atoms with van der Waals surface area (Å²) in [5.41, 5.74) is 4.60. The molecule has 1 aromatic carbocycles. The maximum absolute atomic E-state index is 11.0. The molecule has 2 heterocycles. The van der Waals surface area contributed by atoms with Gasteiger partial charge in [0.25, 0.3) is 0 Å². The molecule has 3 rings (SSSR count). The van der Waals surface area contributed by atoms with Crippen molar-refractivity contribution in [3.63, 3.8) is 0 Å². The smallest absolute Gasteiger partial charge is 0.150 e. The van der Waals surface area contributed by atoms with Gasteiger partial charge in [-0.3, -0.25) is 9.69 Å². The molecule has 0 N–H and O–H groups in total. The highest BCUT2D eigenvalue weighted by Crippen LogP contribution is 2.26. The number of aromatic nitrogens is 1. The summed E-state index contributed by atoms with van der Waals surface area (Å²) in [6.07, 6.45) is 0.926. The van der Waals surface area contributed by atoms with E-state index in [-0.39, 0.29) is 0 Å². The average Bonchev–Trinajstić information content (AvgIpc) is 2.78. The first-order valence-electron chi connectivity index (χ1n) is 8.05. The molecule has 0 saturated carbocycles. The Labute approximate surface area is 132 Å². The molecule has 1 saturated heterocycles. The van der Waals surface area contributed by atoms with Crippen LogP contribution in [0.3, 0.4) is 0 Å². The lowest BCUT2D eigenvalue weighted by molar-refractivity contribution is 0.112. The van der Waals surface area contributed by atoms with Gasteiger partial charge in [0.05, 0.1) is 0 Å². The first kappa shape index (κ1) is 15.3. The molecule has 22 heavy (non-hydrogen) atoms. The summed E-state index contributed by atoms with van der Waals surface area (Å²) in [5, 5.41) is 1.21. The Morgan fingerprint density at radius 3 is 2.50 bits per heavy atom. The fourth-order valence-corrected chi connectivity index (χ4v) is 3.34.